The first-order chi connectivity index (χ1) is 16.0. The van der Waals surface area contributed by atoms with E-state index in [2.05, 4.69) is 25.4 Å². The number of aromatic nitrogens is 4. The number of ether oxygens (including phenoxy) is 1. The van der Waals surface area contributed by atoms with E-state index in [0.717, 1.165) is 17.0 Å². The second-order valence-electron chi connectivity index (χ2n) is 8.55. The second-order valence-corrected chi connectivity index (χ2v) is 8.55. The second kappa shape index (κ2) is 8.81. The van der Waals surface area contributed by atoms with Gasteiger partial charge in [-0.15, -0.1) is 10.2 Å². The summed E-state index contributed by atoms with van der Waals surface area (Å²) in [4.78, 5) is 22.8. The number of piperazine rings is 1. The molecule has 11 heteroatoms. The van der Waals surface area contributed by atoms with Crippen molar-refractivity contribution in [3.63, 3.8) is 0 Å². The molecule has 0 atom stereocenters. The monoisotopic (exact) mass is 454 g/mol. The minimum Gasteiger partial charge on any atom is -0.493 e. The van der Waals surface area contributed by atoms with Crippen molar-refractivity contribution in [3.8, 4) is 5.75 Å². The van der Waals surface area contributed by atoms with Crippen LogP contribution in [-0.4, -0.2) is 88.7 Å². The summed E-state index contributed by atoms with van der Waals surface area (Å²) < 4.78 is 21.8. The quantitative estimate of drug-likeness (QED) is 0.591. The number of nitrogens with zero attached hydrogens (tertiary/aromatic N) is 7. The van der Waals surface area contributed by atoms with Gasteiger partial charge in [-0.1, -0.05) is 0 Å². The topological polar surface area (TPSA) is 91.1 Å². The lowest BCUT2D eigenvalue weighted by Crippen LogP contribution is -2.50. The van der Waals surface area contributed by atoms with E-state index in [9.17, 15) is 9.18 Å². The Kier molecular flexibility index (Phi) is 5.71. The first kappa shape index (κ1) is 21.4. The van der Waals surface area contributed by atoms with E-state index >= 15 is 0 Å². The molecule has 5 rings (SSSR count). The lowest BCUT2D eigenvalue weighted by atomic mass is 10.0. The summed E-state index contributed by atoms with van der Waals surface area (Å²) in [6.45, 7) is 3.94. The Bertz CT molecular complexity index is 1170. The molecular weight excluding hydrogens is 427 g/mol. The SMILES string of the molecule is CN(C)CC(=O)N1CCN(c2cnc(NCc3c(F)ccc4c3CCO4)n3cnnc23)CC1. The number of rotatable bonds is 6. The van der Waals surface area contributed by atoms with Gasteiger partial charge in [0.2, 0.25) is 11.9 Å². The Labute approximate surface area is 191 Å². The third kappa shape index (κ3) is 4.15. The summed E-state index contributed by atoms with van der Waals surface area (Å²) in [5, 5.41) is 11.6. The molecule has 0 saturated carbocycles. The molecule has 10 nitrogen and oxygen atoms in total. The highest BCUT2D eigenvalue weighted by molar-refractivity contribution is 5.79. The molecule has 174 valence electrons. The molecule has 3 aromatic rings. The van der Waals surface area contributed by atoms with Crippen LogP contribution in [0.1, 0.15) is 11.1 Å². The van der Waals surface area contributed by atoms with Gasteiger partial charge >= 0.3 is 0 Å². The van der Waals surface area contributed by atoms with Gasteiger partial charge in [-0.3, -0.25) is 4.79 Å². The van der Waals surface area contributed by atoms with Crippen LogP contribution in [0, 0.1) is 5.82 Å². The zero-order valence-corrected chi connectivity index (χ0v) is 18.8. The number of halogens is 1. The smallest absolute Gasteiger partial charge is 0.236 e. The van der Waals surface area contributed by atoms with Crippen molar-refractivity contribution in [2.45, 2.75) is 13.0 Å². The number of amides is 1. The van der Waals surface area contributed by atoms with E-state index in [-0.39, 0.29) is 18.3 Å². The van der Waals surface area contributed by atoms with Gasteiger partial charge in [0, 0.05) is 50.3 Å². The predicted octanol–water partition coefficient (Wildman–Crippen LogP) is 1.02. The third-order valence-electron chi connectivity index (χ3n) is 6.10. The first-order valence-corrected chi connectivity index (χ1v) is 11.0. The molecule has 0 unspecified atom stereocenters. The molecule has 1 aromatic carbocycles. The number of hydrogen-bond acceptors (Lipinski definition) is 8. The minimum absolute atomic E-state index is 0.134. The molecule has 0 aliphatic carbocycles. The summed E-state index contributed by atoms with van der Waals surface area (Å²) in [7, 11) is 3.79. The first-order valence-electron chi connectivity index (χ1n) is 11.0. The largest absolute Gasteiger partial charge is 0.493 e. The lowest BCUT2D eigenvalue weighted by molar-refractivity contribution is -0.132. The Morgan fingerprint density at radius 2 is 2.06 bits per heavy atom. The van der Waals surface area contributed by atoms with Gasteiger partial charge in [0.05, 0.1) is 19.3 Å². The molecule has 0 bridgehead atoms. The Hall–Kier alpha value is -3.47. The van der Waals surface area contributed by atoms with Crippen LogP contribution in [-0.2, 0) is 17.8 Å². The van der Waals surface area contributed by atoms with E-state index in [1.807, 2.05) is 23.9 Å². The van der Waals surface area contributed by atoms with Crippen molar-refractivity contribution in [2.75, 3.05) is 63.6 Å². The number of anilines is 2. The summed E-state index contributed by atoms with van der Waals surface area (Å²) in [5.41, 5.74) is 3.03. The van der Waals surface area contributed by atoms with Gasteiger partial charge in [-0.2, -0.15) is 0 Å². The maximum absolute atomic E-state index is 14.5. The average molecular weight is 455 g/mol. The van der Waals surface area contributed by atoms with E-state index in [0.29, 0.717) is 62.9 Å². The molecule has 2 aromatic heterocycles. The standard InChI is InChI=1S/C22H27FN8O2/c1-28(2)13-20(32)30-8-6-29(7-9-30)18-12-25-22(31-14-26-27-21(18)31)24-11-16-15-5-10-33-19(15)4-3-17(16)23/h3-4,12,14H,5-11,13H2,1-2H3,(H,24,25). The van der Waals surface area contributed by atoms with E-state index < -0.39 is 0 Å². The highest BCUT2D eigenvalue weighted by Gasteiger charge is 2.24. The number of nitrogens with one attached hydrogen (secondary N) is 1. The van der Waals surface area contributed by atoms with E-state index in [1.165, 1.54) is 6.07 Å². The summed E-state index contributed by atoms with van der Waals surface area (Å²) >= 11 is 0. The van der Waals surface area contributed by atoms with E-state index in [4.69, 9.17) is 4.74 Å². The van der Waals surface area contributed by atoms with Crippen LogP contribution in [0.25, 0.3) is 5.65 Å². The van der Waals surface area contributed by atoms with Crippen LogP contribution >= 0.6 is 0 Å². The van der Waals surface area contributed by atoms with Crippen molar-refractivity contribution < 1.29 is 13.9 Å². The van der Waals surface area contributed by atoms with Crippen LogP contribution in [0.3, 0.4) is 0 Å². The Balaban J connectivity index is 1.31. The Morgan fingerprint density at radius 1 is 1.24 bits per heavy atom. The van der Waals surface area contributed by atoms with Crippen molar-refractivity contribution in [3.05, 3.63) is 41.6 Å². The van der Waals surface area contributed by atoms with Crippen LogP contribution in [0.4, 0.5) is 16.0 Å². The van der Waals surface area contributed by atoms with Gasteiger partial charge in [0.15, 0.2) is 5.65 Å². The maximum atomic E-state index is 14.5. The number of likely N-dealkylation sites (N-methyl/N-ethyl adjacent to an activating group) is 1. The molecular formula is C22H27FN8O2. The zero-order valence-electron chi connectivity index (χ0n) is 18.8. The van der Waals surface area contributed by atoms with Crippen LogP contribution in [0.2, 0.25) is 0 Å². The molecule has 1 fully saturated rings. The molecule has 4 heterocycles. The van der Waals surface area contributed by atoms with Crippen molar-refractivity contribution in [1.29, 1.82) is 0 Å². The number of carbonyl (C=O) groups is 1. The zero-order chi connectivity index (χ0) is 22.9. The molecule has 1 saturated heterocycles. The molecule has 1 N–H and O–H groups in total. The molecule has 2 aliphatic heterocycles. The summed E-state index contributed by atoms with van der Waals surface area (Å²) in [5.74, 6) is 1.16. The molecule has 1 amide bonds. The molecule has 2 aliphatic rings. The number of benzene rings is 1. The van der Waals surface area contributed by atoms with Gasteiger partial charge in [0.25, 0.3) is 0 Å². The summed E-state index contributed by atoms with van der Waals surface area (Å²) in [6.07, 6.45) is 4.06. The van der Waals surface area contributed by atoms with Crippen molar-refractivity contribution in [2.24, 2.45) is 0 Å². The molecule has 0 spiro atoms. The lowest BCUT2D eigenvalue weighted by Gasteiger charge is -2.36. The number of fused-ring (bicyclic) bond motifs is 2. The fourth-order valence-corrected chi connectivity index (χ4v) is 4.40. The van der Waals surface area contributed by atoms with Crippen LogP contribution in [0.15, 0.2) is 24.7 Å². The van der Waals surface area contributed by atoms with Gasteiger partial charge in [-0.05, 0) is 26.2 Å². The van der Waals surface area contributed by atoms with Crippen molar-refractivity contribution >= 4 is 23.2 Å². The molecule has 33 heavy (non-hydrogen) atoms. The average Bonchev–Trinajstić information content (AvgIpc) is 3.48. The normalized spacial score (nSPS) is 15.8. The molecule has 0 radical (unpaired) electrons. The Morgan fingerprint density at radius 3 is 2.85 bits per heavy atom. The van der Waals surface area contributed by atoms with Gasteiger partial charge < -0.3 is 24.8 Å². The van der Waals surface area contributed by atoms with Crippen molar-refractivity contribution in [1.82, 2.24) is 29.4 Å². The van der Waals surface area contributed by atoms with Gasteiger partial charge in [0.1, 0.15) is 23.6 Å². The fraction of sp³-hybridized carbons (Fsp3) is 0.455. The van der Waals surface area contributed by atoms with Crippen LogP contribution in [0.5, 0.6) is 5.75 Å². The minimum atomic E-state index is -0.259. The highest BCUT2D eigenvalue weighted by atomic mass is 19.1. The highest BCUT2D eigenvalue weighted by Crippen LogP contribution is 2.31. The third-order valence-corrected chi connectivity index (χ3v) is 6.10. The summed E-state index contributed by atoms with van der Waals surface area (Å²) in [6, 6.07) is 3.12. The maximum Gasteiger partial charge on any atom is 0.236 e. The van der Waals surface area contributed by atoms with Crippen LogP contribution < -0.4 is 15.0 Å². The van der Waals surface area contributed by atoms with Gasteiger partial charge in [-0.25, -0.2) is 13.8 Å². The fourth-order valence-electron chi connectivity index (χ4n) is 4.40. The number of carbonyl (C=O) groups excluding carboxylic acids is 1. The predicted molar refractivity (Wildman–Crippen MR) is 121 cm³/mol. The number of hydrogen-bond donors (Lipinski definition) is 1. The van der Waals surface area contributed by atoms with E-state index in [1.54, 1.807) is 23.0 Å².